The number of hydrogen-bond acceptors (Lipinski definition) is 4. The number of hydrogen-bond donors (Lipinski definition) is 1. The normalized spacial score (nSPS) is 20.2. The van der Waals surface area contributed by atoms with E-state index in [9.17, 15) is 9.18 Å². The summed E-state index contributed by atoms with van der Waals surface area (Å²) in [7, 11) is 0. The van der Waals surface area contributed by atoms with Gasteiger partial charge in [-0.2, -0.15) is 0 Å². The molecule has 130 valence electrons. The van der Waals surface area contributed by atoms with Crippen molar-refractivity contribution in [2.75, 3.05) is 13.2 Å². The van der Waals surface area contributed by atoms with Gasteiger partial charge >= 0.3 is 0 Å². The summed E-state index contributed by atoms with van der Waals surface area (Å²) in [6.07, 6.45) is 0.158. The van der Waals surface area contributed by atoms with E-state index in [1.54, 1.807) is 43.3 Å². The molecule has 4 nitrogen and oxygen atoms in total. The van der Waals surface area contributed by atoms with Gasteiger partial charge in [-0.05, 0) is 48.9 Å². The Hall–Kier alpha value is -2.24. The summed E-state index contributed by atoms with van der Waals surface area (Å²) in [4.78, 5) is 16.8. The van der Waals surface area contributed by atoms with Crippen molar-refractivity contribution in [1.29, 1.82) is 0 Å². The third-order valence-electron chi connectivity index (χ3n) is 4.17. The van der Waals surface area contributed by atoms with Gasteiger partial charge in [-0.25, -0.2) is 4.39 Å². The smallest absolute Gasteiger partial charge is 0.167 e. The molecule has 0 amide bonds. The van der Waals surface area contributed by atoms with Crippen molar-refractivity contribution in [1.82, 2.24) is 0 Å². The van der Waals surface area contributed by atoms with E-state index in [-0.39, 0.29) is 25.4 Å². The second kappa shape index (κ2) is 6.94. The first kappa shape index (κ1) is 17.6. The van der Waals surface area contributed by atoms with Crippen molar-refractivity contribution in [2.45, 2.75) is 18.9 Å². The number of benzene rings is 2. The van der Waals surface area contributed by atoms with Crippen molar-refractivity contribution in [2.24, 2.45) is 10.7 Å². The van der Waals surface area contributed by atoms with Gasteiger partial charge in [0.2, 0.25) is 0 Å². The number of ether oxygens (including phenoxy) is 1. The third kappa shape index (κ3) is 3.89. The highest BCUT2D eigenvalue weighted by molar-refractivity contribution is 6.30. The predicted molar refractivity (Wildman–Crippen MR) is 95.7 cm³/mol. The fourth-order valence-corrected chi connectivity index (χ4v) is 3.02. The summed E-state index contributed by atoms with van der Waals surface area (Å²) in [5, 5.41) is 0.571. The third-order valence-corrected chi connectivity index (χ3v) is 4.42. The van der Waals surface area contributed by atoms with E-state index in [0.717, 1.165) is 0 Å². The number of Topliss-reactive ketones (excluding diaryl/α,β-unsaturated/α-hetero) is 1. The van der Waals surface area contributed by atoms with E-state index in [1.165, 1.54) is 6.07 Å². The molecule has 2 aromatic rings. The molecule has 1 heterocycles. The maximum Gasteiger partial charge on any atom is 0.167 e. The summed E-state index contributed by atoms with van der Waals surface area (Å²) in [5.41, 5.74) is 6.48. The molecule has 6 heteroatoms. The van der Waals surface area contributed by atoms with Crippen LogP contribution in [-0.4, -0.2) is 24.8 Å². The van der Waals surface area contributed by atoms with Crippen LogP contribution in [0.1, 0.15) is 28.4 Å². The van der Waals surface area contributed by atoms with Crippen molar-refractivity contribution in [3.05, 3.63) is 70.0 Å². The van der Waals surface area contributed by atoms with Gasteiger partial charge in [0.1, 0.15) is 23.8 Å². The van der Waals surface area contributed by atoms with Crippen molar-refractivity contribution < 1.29 is 13.9 Å². The maximum atomic E-state index is 14.4. The maximum absolute atomic E-state index is 14.4. The van der Waals surface area contributed by atoms with Gasteiger partial charge in [0.05, 0.1) is 6.61 Å². The molecule has 25 heavy (non-hydrogen) atoms. The molecule has 0 fully saturated rings. The molecule has 1 aliphatic heterocycles. The first-order valence-electron chi connectivity index (χ1n) is 7.87. The fourth-order valence-electron chi connectivity index (χ4n) is 2.89. The number of carbonyl (C=O) groups is 1. The van der Waals surface area contributed by atoms with Crippen LogP contribution in [0.25, 0.3) is 0 Å². The lowest BCUT2D eigenvalue weighted by atomic mass is 9.89. The summed E-state index contributed by atoms with van der Waals surface area (Å²) >= 11 is 5.84. The van der Waals surface area contributed by atoms with Crippen LogP contribution in [0.15, 0.2) is 47.5 Å². The molecule has 1 atom stereocenters. The molecule has 0 saturated heterocycles. The zero-order chi connectivity index (χ0) is 18.0. The van der Waals surface area contributed by atoms with Crippen LogP contribution in [0.5, 0.6) is 0 Å². The van der Waals surface area contributed by atoms with Gasteiger partial charge in [-0.15, -0.1) is 0 Å². The van der Waals surface area contributed by atoms with Crippen LogP contribution in [0, 0.1) is 5.82 Å². The molecule has 2 aromatic carbocycles. The van der Waals surface area contributed by atoms with Crippen LogP contribution in [0.2, 0.25) is 5.02 Å². The standard InChI is InChI=1S/C19H18ClFN2O2/c1-19(11-25-10-18(22)23-19)15-8-12(2-7-16(15)21)9-17(24)13-3-5-14(20)6-4-13/h2-8H,9-11H2,1H3,(H2,22,23). The quantitative estimate of drug-likeness (QED) is 0.848. The largest absolute Gasteiger partial charge is 0.386 e. The van der Waals surface area contributed by atoms with Gasteiger partial charge < -0.3 is 10.5 Å². The van der Waals surface area contributed by atoms with E-state index < -0.39 is 11.4 Å². The van der Waals surface area contributed by atoms with E-state index in [4.69, 9.17) is 22.1 Å². The highest BCUT2D eigenvalue weighted by Gasteiger charge is 2.32. The molecule has 0 spiro atoms. The molecule has 0 saturated carbocycles. The average molecular weight is 361 g/mol. The van der Waals surface area contributed by atoms with Gasteiger partial charge in [0.25, 0.3) is 0 Å². The monoisotopic (exact) mass is 360 g/mol. The number of halogens is 2. The lowest BCUT2D eigenvalue weighted by molar-refractivity contribution is 0.0991. The van der Waals surface area contributed by atoms with E-state index >= 15 is 0 Å². The minimum absolute atomic E-state index is 0.0673. The summed E-state index contributed by atoms with van der Waals surface area (Å²) < 4.78 is 19.8. The second-order valence-corrected chi connectivity index (χ2v) is 6.73. The van der Waals surface area contributed by atoms with Crippen LogP contribution >= 0.6 is 11.6 Å². The Labute approximate surface area is 150 Å². The molecular weight excluding hydrogens is 343 g/mol. The van der Waals surface area contributed by atoms with Crippen LogP contribution < -0.4 is 5.73 Å². The zero-order valence-corrected chi connectivity index (χ0v) is 14.5. The highest BCUT2D eigenvalue weighted by Crippen LogP contribution is 2.31. The second-order valence-electron chi connectivity index (χ2n) is 6.29. The van der Waals surface area contributed by atoms with Gasteiger partial charge in [0.15, 0.2) is 5.78 Å². The zero-order valence-electron chi connectivity index (χ0n) is 13.8. The van der Waals surface area contributed by atoms with Gasteiger partial charge in [-0.3, -0.25) is 9.79 Å². The van der Waals surface area contributed by atoms with Crippen molar-refractivity contribution in [3.63, 3.8) is 0 Å². The van der Waals surface area contributed by atoms with Crippen LogP contribution in [-0.2, 0) is 16.7 Å². The van der Waals surface area contributed by atoms with E-state index in [1.807, 2.05) is 0 Å². The molecule has 2 N–H and O–H groups in total. The Morgan fingerprint density at radius 2 is 2.04 bits per heavy atom. The lowest BCUT2D eigenvalue weighted by Gasteiger charge is -2.30. The number of amidine groups is 1. The molecule has 0 aliphatic carbocycles. The Balaban J connectivity index is 1.88. The molecule has 0 aromatic heterocycles. The summed E-state index contributed by atoms with van der Waals surface area (Å²) in [6, 6.07) is 11.3. The Morgan fingerprint density at radius 1 is 1.32 bits per heavy atom. The molecule has 1 unspecified atom stereocenters. The van der Waals surface area contributed by atoms with Gasteiger partial charge in [0, 0.05) is 22.6 Å². The Morgan fingerprint density at radius 3 is 2.72 bits per heavy atom. The lowest BCUT2D eigenvalue weighted by Crippen LogP contribution is -2.38. The van der Waals surface area contributed by atoms with Crippen molar-refractivity contribution >= 4 is 23.2 Å². The number of aliphatic imine (C=N–C) groups is 1. The predicted octanol–water partition coefficient (Wildman–Crippen LogP) is 3.51. The van der Waals surface area contributed by atoms with Crippen LogP contribution in [0.4, 0.5) is 4.39 Å². The number of nitrogens with zero attached hydrogens (tertiary/aromatic N) is 1. The first-order valence-corrected chi connectivity index (χ1v) is 8.25. The topological polar surface area (TPSA) is 64.7 Å². The number of ketones is 1. The Kier molecular flexibility index (Phi) is 4.88. The Bertz CT molecular complexity index is 836. The molecule has 0 bridgehead atoms. The average Bonchev–Trinajstić information content (AvgIpc) is 2.57. The molecule has 1 aliphatic rings. The SMILES string of the molecule is CC1(c2cc(CC(=O)c3ccc(Cl)cc3)ccc2F)COCC(N)=N1. The summed E-state index contributed by atoms with van der Waals surface area (Å²) in [5.74, 6) is -0.134. The van der Waals surface area contributed by atoms with E-state index in [2.05, 4.69) is 4.99 Å². The fraction of sp³-hybridized carbons (Fsp3) is 0.263. The number of rotatable bonds is 4. The minimum atomic E-state index is -0.897. The molecular formula is C19H18ClFN2O2. The first-order chi connectivity index (χ1) is 11.9. The van der Waals surface area contributed by atoms with E-state index in [0.29, 0.717) is 27.5 Å². The molecule has 3 rings (SSSR count). The number of carbonyl (C=O) groups excluding carboxylic acids is 1. The summed E-state index contributed by atoms with van der Waals surface area (Å²) in [6.45, 7) is 2.24. The number of nitrogens with two attached hydrogens (primary N) is 1. The minimum Gasteiger partial charge on any atom is -0.386 e. The van der Waals surface area contributed by atoms with Gasteiger partial charge in [-0.1, -0.05) is 17.7 Å². The highest BCUT2D eigenvalue weighted by atomic mass is 35.5. The molecule has 0 radical (unpaired) electrons. The van der Waals surface area contributed by atoms with Crippen LogP contribution in [0.3, 0.4) is 0 Å². The van der Waals surface area contributed by atoms with Crippen molar-refractivity contribution in [3.8, 4) is 0 Å².